The monoisotopic (exact) mass is 186 g/mol. The predicted octanol–water partition coefficient (Wildman–Crippen LogP) is 2.41. The minimum absolute atomic E-state index is 0.116. The summed E-state index contributed by atoms with van der Waals surface area (Å²) in [6.45, 7) is 6.42. The summed E-state index contributed by atoms with van der Waals surface area (Å²) in [5.41, 5.74) is 12.1. The molecule has 0 saturated heterocycles. The van der Waals surface area contributed by atoms with Gasteiger partial charge in [0.25, 0.3) is 0 Å². The van der Waals surface area contributed by atoms with E-state index in [4.69, 9.17) is 11.5 Å². The summed E-state index contributed by atoms with van der Waals surface area (Å²) >= 11 is 0. The average Bonchev–Trinajstić information content (AvgIpc) is 2.11. The Kier molecular flexibility index (Phi) is 6.35. The van der Waals surface area contributed by atoms with Crippen molar-refractivity contribution in [3.05, 3.63) is 0 Å². The smallest absolute Gasteiger partial charge is 0.0305 e. The molecule has 1 unspecified atom stereocenters. The van der Waals surface area contributed by atoms with Crippen LogP contribution >= 0.6 is 0 Å². The van der Waals surface area contributed by atoms with Gasteiger partial charge in [-0.2, -0.15) is 0 Å². The van der Waals surface area contributed by atoms with Crippen LogP contribution in [0.1, 0.15) is 59.3 Å². The molecule has 1 atom stereocenters. The van der Waals surface area contributed by atoms with Crippen molar-refractivity contribution in [2.45, 2.75) is 70.9 Å². The topological polar surface area (TPSA) is 52.0 Å². The lowest BCUT2D eigenvalue weighted by Crippen LogP contribution is -2.53. The summed E-state index contributed by atoms with van der Waals surface area (Å²) in [7, 11) is 0. The van der Waals surface area contributed by atoms with E-state index in [1.165, 1.54) is 25.7 Å². The van der Waals surface area contributed by atoms with Gasteiger partial charge in [0.05, 0.1) is 0 Å². The molecule has 2 nitrogen and oxygen atoms in total. The molecule has 0 aliphatic heterocycles. The maximum atomic E-state index is 6.29. The lowest BCUT2D eigenvalue weighted by molar-refractivity contribution is 0.296. The molecule has 0 amide bonds. The lowest BCUT2D eigenvalue weighted by Gasteiger charge is -2.33. The molecule has 0 aromatic carbocycles. The quantitative estimate of drug-likeness (QED) is 0.641. The molecule has 4 N–H and O–H groups in total. The van der Waals surface area contributed by atoms with Crippen LogP contribution in [-0.4, -0.2) is 11.6 Å². The van der Waals surface area contributed by atoms with Gasteiger partial charge in [-0.1, -0.05) is 39.5 Å². The highest BCUT2D eigenvalue weighted by molar-refractivity contribution is 4.91. The van der Waals surface area contributed by atoms with Crippen molar-refractivity contribution >= 4 is 0 Å². The summed E-state index contributed by atoms with van der Waals surface area (Å²) in [6, 6.07) is 0.116. The molecule has 0 aromatic rings. The molecule has 0 bridgehead atoms. The van der Waals surface area contributed by atoms with Gasteiger partial charge in [0.2, 0.25) is 0 Å². The summed E-state index contributed by atoms with van der Waals surface area (Å²) in [5.74, 6) is 0. The van der Waals surface area contributed by atoms with Crippen molar-refractivity contribution in [1.29, 1.82) is 0 Å². The van der Waals surface area contributed by atoms with Crippen molar-refractivity contribution in [2.75, 3.05) is 0 Å². The van der Waals surface area contributed by atoms with E-state index < -0.39 is 0 Å². The Morgan fingerprint density at radius 2 is 1.46 bits per heavy atom. The number of nitrogens with two attached hydrogens (primary N) is 2. The maximum absolute atomic E-state index is 6.29. The lowest BCUT2D eigenvalue weighted by atomic mass is 9.83. The Balaban J connectivity index is 4.00. The second kappa shape index (κ2) is 6.39. The van der Waals surface area contributed by atoms with Gasteiger partial charge >= 0.3 is 0 Å². The second-order valence-corrected chi connectivity index (χ2v) is 4.23. The van der Waals surface area contributed by atoms with Crippen LogP contribution in [-0.2, 0) is 0 Å². The van der Waals surface area contributed by atoms with E-state index in [2.05, 4.69) is 13.8 Å². The van der Waals surface area contributed by atoms with Gasteiger partial charge in [0.15, 0.2) is 0 Å². The largest absolute Gasteiger partial charge is 0.326 e. The molecule has 0 aromatic heterocycles. The van der Waals surface area contributed by atoms with Crippen molar-refractivity contribution in [2.24, 2.45) is 11.5 Å². The standard InChI is InChI=1S/C11H26N2/c1-4-6-8-11(13,10(3)12)9-7-5-2/h10H,4-9,12-13H2,1-3H3. The van der Waals surface area contributed by atoms with Crippen LogP contribution in [0.15, 0.2) is 0 Å². The van der Waals surface area contributed by atoms with Gasteiger partial charge in [-0.05, 0) is 19.8 Å². The summed E-state index contributed by atoms with van der Waals surface area (Å²) in [5, 5.41) is 0. The van der Waals surface area contributed by atoms with E-state index in [9.17, 15) is 0 Å². The Bertz CT molecular complexity index is 113. The van der Waals surface area contributed by atoms with E-state index in [-0.39, 0.29) is 11.6 Å². The van der Waals surface area contributed by atoms with Gasteiger partial charge in [0, 0.05) is 11.6 Å². The SMILES string of the molecule is CCCCC(N)(CCCC)C(C)N. The molecular weight excluding hydrogens is 160 g/mol. The van der Waals surface area contributed by atoms with E-state index in [1.807, 2.05) is 6.92 Å². The van der Waals surface area contributed by atoms with Gasteiger partial charge in [0.1, 0.15) is 0 Å². The fourth-order valence-electron chi connectivity index (χ4n) is 1.59. The van der Waals surface area contributed by atoms with Crippen LogP contribution in [0.25, 0.3) is 0 Å². The minimum atomic E-state index is -0.119. The first-order chi connectivity index (χ1) is 6.06. The first-order valence-corrected chi connectivity index (χ1v) is 5.61. The Morgan fingerprint density at radius 1 is 1.08 bits per heavy atom. The molecule has 0 aliphatic carbocycles. The molecule has 0 heterocycles. The third-order valence-corrected chi connectivity index (χ3v) is 2.90. The zero-order chi connectivity index (χ0) is 10.3. The highest BCUT2D eigenvalue weighted by atomic mass is 14.8. The van der Waals surface area contributed by atoms with Crippen molar-refractivity contribution in [1.82, 2.24) is 0 Å². The van der Waals surface area contributed by atoms with E-state index >= 15 is 0 Å². The van der Waals surface area contributed by atoms with E-state index in [0.29, 0.717) is 0 Å². The minimum Gasteiger partial charge on any atom is -0.326 e. The summed E-state index contributed by atoms with van der Waals surface area (Å²) < 4.78 is 0. The highest BCUT2D eigenvalue weighted by Gasteiger charge is 2.27. The van der Waals surface area contributed by atoms with E-state index in [1.54, 1.807) is 0 Å². The predicted molar refractivity (Wildman–Crippen MR) is 59.6 cm³/mol. The molecule has 0 spiro atoms. The number of rotatable bonds is 7. The van der Waals surface area contributed by atoms with Crippen LogP contribution in [0, 0.1) is 0 Å². The average molecular weight is 186 g/mol. The Labute approximate surface area is 83.1 Å². The van der Waals surface area contributed by atoms with Crippen molar-refractivity contribution in [3.8, 4) is 0 Å². The molecule has 0 fully saturated rings. The zero-order valence-electron chi connectivity index (χ0n) is 9.47. The van der Waals surface area contributed by atoms with Crippen LogP contribution in [0.5, 0.6) is 0 Å². The number of hydrogen-bond donors (Lipinski definition) is 2. The van der Waals surface area contributed by atoms with Gasteiger partial charge in [-0.25, -0.2) is 0 Å². The van der Waals surface area contributed by atoms with E-state index in [0.717, 1.165) is 12.8 Å². The first kappa shape index (κ1) is 12.9. The normalized spacial score (nSPS) is 14.5. The summed E-state index contributed by atoms with van der Waals surface area (Å²) in [4.78, 5) is 0. The highest BCUT2D eigenvalue weighted by Crippen LogP contribution is 2.21. The maximum Gasteiger partial charge on any atom is 0.0305 e. The number of unbranched alkanes of at least 4 members (excludes halogenated alkanes) is 2. The van der Waals surface area contributed by atoms with Crippen LogP contribution in [0.2, 0.25) is 0 Å². The van der Waals surface area contributed by atoms with Crippen molar-refractivity contribution in [3.63, 3.8) is 0 Å². The fraction of sp³-hybridized carbons (Fsp3) is 1.00. The van der Waals surface area contributed by atoms with Crippen LogP contribution < -0.4 is 11.5 Å². The van der Waals surface area contributed by atoms with Crippen molar-refractivity contribution < 1.29 is 0 Å². The molecule has 80 valence electrons. The second-order valence-electron chi connectivity index (χ2n) is 4.23. The summed E-state index contributed by atoms with van der Waals surface area (Å²) in [6.07, 6.45) is 6.95. The Morgan fingerprint density at radius 3 is 1.69 bits per heavy atom. The molecule has 0 aliphatic rings. The molecular formula is C11H26N2. The van der Waals surface area contributed by atoms with Crippen LogP contribution in [0.4, 0.5) is 0 Å². The van der Waals surface area contributed by atoms with Crippen LogP contribution in [0.3, 0.4) is 0 Å². The van der Waals surface area contributed by atoms with Gasteiger partial charge in [-0.15, -0.1) is 0 Å². The molecule has 13 heavy (non-hydrogen) atoms. The first-order valence-electron chi connectivity index (χ1n) is 5.61. The fourth-order valence-corrected chi connectivity index (χ4v) is 1.59. The van der Waals surface area contributed by atoms with Gasteiger partial charge < -0.3 is 11.5 Å². The molecule has 0 saturated carbocycles. The molecule has 0 radical (unpaired) electrons. The zero-order valence-corrected chi connectivity index (χ0v) is 9.47. The third-order valence-electron chi connectivity index (χ3n) is 2.90. The Hall–Kier alpha value is -0.0800. The van der Waals surface area contributed by atoms with Gasteiger partial charge in [-0.3, -0.25) is 0 Å². The molecule has 0 rings (SSSR count). The number of hydrogen-bond acceptors (Lipinski definition) is 2. The third kappa shape index (κ3) is 4.63. The molecule has 2 heteroatoms.